The van der Waals surface area contributed by atoms with Crippen LogP contribution < -0.4 is 0 Å². The summed E-state index contributed by atoms with van der Waals surface area (Å²) in [4.78, 5) is 25.3. The van der Waals surface area contributed by atoms with Gasteiger partial charge in [-0.1, -0.05) is 13.0 Å². The molecule has 0 aromatic heterocycles. The summed E-state index contributed by atoms with van der Waals surface area (Å²) in [6.07, 6.45) is 3.20. The van der Waals surface area contributed by atoms with Gasteiger partial charge in [-0.25, -0.2) is 4.79 Å². The van der Waals surface area contributed by atoms with Crippen LogP contribution in [0.5, 0.6) is 0 Å². The zero-order valence-corrected chi connectivity index (χ0v) is 13.2. The van der Waals surface area contributed by atoms with Crippen LogP contribution in [0.4, 0.5) is 0 Å². The molecule has 1 aromatic carbocycles. The maximum Gasteiger partial charge on any atom is 0.335 e. The highest BCUT2D eigenvalue weighted by Crippen LogP contribution is 2.32. The molecule has 2 atom stereocenters. The van der Waals surface area contributed by atoms with Gasteiger partial charge in [0, 0.05) is 23.9 Å². The molecule has 5 heteroatoms. The second kappa shape index (κ2) is 6.98. The lowest BCUT2D eigenvalue weighted by atomic mass is 10.1. The third-order valence-electron chi connectivity index (χ3n) is 3.98. The van der Waals surface area contributed by atoms with Crippen molar-refractivity contribution in [3.63, 3.8) is 0 Å². The molecule has 1 aromatic rings. The van der Waals surface area contributed by atoms with Crippen LogP contribution in [-0.2, 0) is 0 Å². The van der Waals surface area contributed by atoms with Crippen molar-refractivity contribution in [2.75, 3.05) is 12.8 Å². The average Bonchev–Trinajstić information content (AvgIpc) is 2.95. The van der Waals surface area contributed by atoms with E-state index in [1.165, 1.54) is 12.1 Å². The molecule has 0 spiro atoms. The van der Waals surface area contributed by atoms with E-state index in [-0.39, 0.29) is 17.5 Å². The van der Waals surface area contributed by atoms with Crippen LogP contribution in [0.3, 0.4) is 0 Å². The van der Waals surface area contributed by atoms with E-state index in [4.69, 9.17) is 5.11 Å². The minimum atomic E-state index is -1.01. The molecule has 2 unspecified atom stereocenters. The minimum absolute atomic E-state index is 0.0924. The lowest BCUT2D eigenvalue weighted by molar-refractivity contribution is 0.0697. The first-order valence-corrected chi connectivity index (χ1v) is 8.30. The smallest absolute Gasteiger partial charge is 0.335 e. The fourth-order valence-electron chi connectivity index (χ4n) is 2.81. The van der Waals surface area contributed by atoms with Crippen LogP contribution in [0.1, 0.15) is 46.9 Å². The summed E-state index contributed by atoms with van der Waals surface area (Å²) in [5, 5.41) is 9.65. The first kappa shape index (κ1) is 15.9. The summed E-state index contributed by atoms with van der Waals surface area (Å²) >= 11 is 1.96. The summed E-state index contributed by atoms with van der Waals surface area (Å²) in [5.41, 5.74) is 0.601. The number of carboxylic acids is 1. The van der Waals surface area contributed by atoms with Gasteiger partial charge in [-0.3, -0.25) is 4.79 Å². The van der Waals surface area contributed by atoms with Gasteiger partial charge >= 0.3 is 5.97 Å². The summed E-state index contributed by atoms with van der Waals surface area (Å²) in [6.45, 7) is 2.16. The number of amides is 1. The van der Waals surface area contributed by atoms with Crippen molar-refractivity contribution in [3.8, 4) is 0 Å². The van der Waals surface area contributed by atoms with E-state index in [0.29, 0.717) is 10.8 Å². The molecule has 0 heterocycles. The van der Waals surface area contributed by atoms with E-state index < -0.39 is 5.97 Å². The number of carboxylic acid groups (broad SMARTS) is 1. The molecule has 4 nitrogen and oxygen atoms in total. The second-order valence-electron chi connectivity index (χ2n) is 5.35. The van der Waals surface area contributed by atoms with E-state index in [9.17, 15) is 9.59 Å². The number of aromatic carboxylic acids is 1. The molecule has 21 heavy (non-hydrogen) atoms. The molecule has 1 fully saturated rings. The van der Waals surface area contributed by atoms with Crippen LogP contribution in [0.25, 0.3) is 0 Å². The lowest BCUT2D eigenvalue weighted by Gasteiger charge is -2.25. The van der Waals surface area contributed by atoms with Gasteiger partial charge in [0.2, 0.25) is 0 Å². The Hall–Kier alpha value is -1.49. The molecule has 1 aliphatic carbocycles. The summed E-state index contributed by atoms with van der Waals surface area (Å²) in [6, 6.07) is 6.51. The predicted octanol–water partition coefficient (Wildman–Crippen LogP) is 3.13. The molecule has 0 aliphatic heterocycles. The van der Waals surface area contributed by atoms with Gasteiger partial charge in [-0.2, -0.15) is 11.8 Å². The van der Waals surface area contributed by atoms with E-state index in [2.05, 4.69) is 6.92 Å². The van der Waals surface area contributed by atoms with E-state index in [0.717, 1.165) is 25.0 Å². The number of carbonyl (C=O) groups is 2. The fraction of sp³-hybridized carbons (Fsp3) is 0.500. The molecule has 2 rings (SSSR count). The predicted molar refractivity (Wildman–Crippen MR) is 85.1 cm³/mol. The molecular weight excluding hydrogens is 286 g/mol. The normalized spacial score (nSPS) is 21.2. The molecule has 0 radical (unpaired) electrons. The summed E-state index contributed by atoms with van der Waals surface area (Å²) in [7, 11) is 1.82. The van der Waals surface area contributed by atoms with Gasteiger partial charge in [0.25, 0.3) is 5.91 Å². The van der Waals surface area contributed by atoms with Crippen molar-refractivity contribution >= 4 is 23.6 Å². The largest absolute Gasteiger partial charge is 0.478 e. The first-order valence-electron chi connectivity index (χ1n) is 7.25. The van der Waals surface area contributed by atoms with Crippen LogP contribution in [0.2, 0.25) is 0 Å². The van der Waals surface area contributed by atoms with Gasteiger partial charge in [0.15, 0.2) is 0 Å². The Morgan fingerprint density at radius 2 is 2.05 bits per heavy atom. The van der Waals surface area contributed by atoms with Crippen molar-refractivity contribution < 1.29 is 14.7 Å². The topological polar surface area (TPSA) is 57.6 Å². The highest BCUT2D eigenvalue weighted by molar-refractivity contribution is 7.99. The SMILES string of the molecule is CCSC1CCC(N(C)C(=O)c2cccc(C(=O)O)c2)C1. The number of hydrogen-bond donors (Lipinski definition) is 1. The number of hydrogen-bond acceptors (Lipinski definition) is 3. The molecule has 1 aliphatic rings. The maximum absolute atomic E-state index is 12.5. The van der Waals surface area contributed by atoms with Crippen molar-refractivity contribution in [1.82, 2.24) is 4.90 Å². The summed E-state index contributed by atoms with van der Waals surface area (Å²) in [5.74, 6) is 0.00762. The molecule has 1 saturated carbocycles. The number of thioether (sulfide) groups is 1. The van der Waals surface area contributed by atoms with Gasteiger partial charge in [0.05, 0.1) is 5.56 Å². The van der Waals surface area contributed by atoms with Crippen LogP contribution in [0, 0.1) is 0 Å². The van der Waals surface area contributed by atoms with Gasteiger partial charge in [-0.15, -0.1) is 0 Å². The monoisotopic (exact) mass is 307 g/mol. The van der Waals surface area contributed by atoms with E-state index in [1.54, 1.807) is 17.0 Å². The van der Waals surface area contributed by atoms with Crippen LogP contribution >= 0.6 is 11.8 Å². The second-order valence-corrected chi connectivity index (χ2v) is 6.92. The number of benzene rings is 1. The van der Waals surface area contributed by atoms with Gasteiger partial charge in [0.1, 0.15) is 0 Å². The Labute approximate surface area is 129 Å². The van der Waals surface area contributed by atoms with Crippen molar-refractivity contribution in [2.24, 2.45) is 0 Å². The molecule has 114 valence electrons. The highest BCUT2D eigenvalue weighted by atomic mass is 32.2. The lowest BCUT2D eigenvalue weighted by Crippen LogP contribution is -2.35. The van der Waals surface area contributed by atoms with Crippen LogP contribution in [-0.4, -0.2) is 46.0 Å². The first-order chi connectivity index (χ1) is 10.0. The van der Waals surface area contributed by atoms with E-state index >= 15 is 0 Å². The minimum Gasteiger partial charge on any atom is -0.478 e. The Balaban J connectivity index is 2.06. The third kappa shape index (κ3) is 3.79. The Morgan fingerprint density at radius 3 is 2.71 bits per heavy atom. The Bertz CT molecular complexity index is 532. The molecule has 1 amide bonds. The van der Waals surface area contributed by atoms with Crippen molar-refractivity contribution in [2.45, 2.75) is 37.5 Å². The van der Waals surface area contributed by atoms with E-state index in [1.807, 2.05) is 18.8 Å². The quantitative estimate of drug-likeness (QED) is 0.908. The Morgan fingerprint density at radius 1 is 1.33 bits per heavy atom. The molecular formula is C16H21NO3S. The molecule has 0 saturated heterocycles. The fourth-order valence-corrected chi connectivity index (χ4v) is 3.94. The Kier molecular flexibility index (Phi) is 5.28. The van der Waals surface area contributed by atoms with Crippen molar-refractivity contribution in [1.29, 1.82) is 0 Å². The third-order valence-corrected chi connectivity index (χ3v) is 5.22. The summed E-state index contributed by atoms with van der Waals surface area (Å²) < 4.78 is 0. The maximum atomic E-state index is 12.5. The van der Waals surface area contributed by atoms with Gasteiger partial charge in [-0.05, 0) is 43.2 Å². The zero-order valence-electron chi connectivity index (χ0n) is 12.4. The van der Waals surface area contributed by atoms with Crippen molar-refractivity contribution in [3.05, 3.63) is 35.4 Å². The molecule has 1 N–H and O–H groups in total. The zero-order chi connectivity index (χ0) is 15.4. The molecule has 0 bridgehead atoms. The average molecular weight is 307 g/mol. The van der Waals surface area contributed by atoms with Gasteiger partial charge < -0.3 is 10.0 Å². The number of carbonyl (C=O) groups excluding carboxylic acids is 1. The van der Waals surface area contributed by atoms with Crippen LogP contribution in [0.15, 0.2) is 24.3 Å². The standard InChI is InChI=1S/C16H21NO3S/c1-3-21-14-8-7-13(10-14)17(2)15(18)11-5-4-6-12(9-11)16(19)20/h4-6,9,13-14H,3,7-8,10H2,1-2H3,(H,19,20). The highest BCUT2D eigenvalue weighted by Gasteiger charge is 2.30. The number of nitrogens with zero attached hydrogens (tertiary/aromatic N) is 1. The number of rotatable bonds is 5.